The van der Waals surface area contributed by atoms with Gasteiger partial charge in [0, 0.05) is 52.4 Å². The lowest BCUT2D eigenvalue weighted by atomic mass is 9.53. The molecule has 1 spiro atoms. The van der Waals surface area contributed by atoms with E-state index < -0.39 is 101 Å². The van der Waals surface area contributed by atoms with E-state index in [1.54, 1.807) is 20.8 Å². The predicted octanol–water partition coefficient (Wildman–Crippen LogP) is 0.959. The van der Waals surface area contributed by atoms with E-state index in [0.29, 0.717) is 0 Å². The topological polar surface area (TPSA) is 174 Å². The number of rotatable bonds is 4. The highest BCUT2D eigenvalue weighted by Crippen LogP contribution is 2.68. The third-order valence-electron chi connectivity index (χ3n) is 9.70. The van der Waals surface area contributed by atoms with Crippen molar-refractivity contribution >= 4 is 35.6 Å². The molecule has 3 saturated heterocycles. The molecule has 0 bridgehead atoms. The second-order valence-corrected chi connectivity index (χ2v) is 12.5. The van der Waals surface area contributed by atoms with Gasteiger partial charge in [0.15, 0.2) is 17.3 Å². The van der Waals surface area contributed by atoms with Crippen molar-refractivity contribution < 1.29 is 61.9 Å². The summed E-state index contributed by atoms with van der Waals surface area (Å²) < 4.78 is 41.5. The molecule has 0 radical (unpaired) electrons. The maximum Gasteiger partial charge on any atom is 0.342 e. The summed E-state index contributed by atoms with van der Waals surface area (Å²) in [6.07, 6.45) is -7.01. The Morgan fingerprint density at radius 1 is 0.805 bits per heavy atom. The highest BCUT2D eigenvalue weighted by atomic mass is 16.8. The highest BCUT2D eigenvalue weighted by Gasteiger charge is 2.91. The second kappa shape index (κ2) is 9.22. The van der Waals surface area contributed by atoms with Gasteiger partial charge in [0.05, 0.1) is 11.0 Å². The van der Waals surface area contributed by atoms with E-state index in [9.17, 15) is 28.8 Å². The Kier molecular flexibility index (Phi) is 6.62. The molecule has 2 saturated carbocycles. The van der Waals surface area contributed by atoms with Crippen LogP contribution in [0.5, 0.6) is 0 Å². The van der Waals surface area contributed by atoms with Crippen molar-refractivity contribution in [3.05, 3.63) is 0 Å². The molecule has 0 aromatic carbocycles. The smallest absolute Gasteiger partial charge is 0.342 e. The average Bonchev–Trinajstić information content (AvgIpc) is 3.67. The lowest BCUT2D eigenvalue weighted by molar-refractivity contribution is -0.233. The van der Waals surface area contributed by atoms with Crippen LogP contribution in [0.4, 0.5) is 0 Å². The summed E-state index contributed by atoms with van der Waals surface area (Å²) in [5.74, 6) is -5.77. The van der Waals surface area contributed by atoms with Crippen LogP contribution in [0.1, 0.15) is 68.2 Å². The van der Waals surface area contributed by atoms with Gasteiger partial charge in [0.2, 0.25) is 0 Å². The zero-order chi connectivity index (χ0) is 30.4. The third-order valence-corrected chi connectivity index (χ3v) is 9.70. The van der Waals surface area contributed by atoms with Crippen LogP contribution in [-0.2, 0) is 61.9 Å². The molecule has 0 N–H and O–H groups in total. The van der Waals surface area contributed by atoms with Crippen LogP contribution in [0.2, 0.25) is 0 Å². The number of carbonyl (C=O) groups is 6. The molecule has 2 aliphatic carbocycles. The van der Waals surface area contributed by atoms with Crippen LogP contribution < -0.4 is 0 Å². The van der Waals surface area contributed by atoms with Gasteiger partial charge in [-0.05, 0) is 13.8 Å². The largest absolute Gasteiger partial charge is 0.461 e. The molecule has 0 aromatic heterocycles. The third kappa shape index (κ3) is 4.17. The van der Waals surface area contributed by atoms with Gasteiger partial charge in [0.1, 0.15) is 36.3 Å². The minimum absolute atomic E-state index is 0.00565. The molecule has 13 nitrogen and oxygen atoms in total. The van der Waals surface area contributed by atoms with Gasteiger partial charge in [-0.2, -0.15) is 0 Å². The monoisotopic (exact) mass is 580 g/mol. The number of hydrogen-bond acceptors (Lipinski definition) is 13. The Bertz CT molecular complexity index is 1230. The van der Waals surface area contributed by atoms with Crippen molar-refractivity contribution in [3.63, 3.8) is 0 Å². The van der Waals surface area contributed by atoms with Gasteiger partial charge in [-0.15, -0.1) is 0 Å². The molecule has 12 unspecified atom stereocenters. The number of Topliss-reactive ketones (excluding diaryl/α,β-unsaturated/α-hetero) is 1. The number of esters is 5. The number of epoxide rings is 2. The molecular weight excluding hydrogens is 544 g/mol. The van der Waals surface area contributed by atoms with Gasteiger partial charge >= 0.3 is 29.8 Å². The molecular formula is C28H36O13. The van der Waals surface area contributed by atoms with Crippen molar-refractivity contribution in [1.82, 2.24) is 0 Å². The summed E-state index contributed by atoms with van der Waals surface area (Å²) >= 11 is 0. The number of ether oxygens (including phenoxy) is 7. The van der Waals surface area contributed by atoms with Gasteiger partial charge in [0.25, 0.3) is 0 Å². The Morgan fingerprint density at radius 2 is 1.37 bits per heavy atom. The minimum atomic E-state index is -1.56. The van der Waals surface area contributed by atoms with E-state index in [1.165, 1.54) is 34.6 Å². The zero-order valence-corrected chi connectivity index (χ0v) is 24.3. The second-order valence-electron chi connectivity index (χ2n) is 12.5. The van der Waals surface area contributed by atoms with Crippen molar-refractivity contribution in [2.45, 2.75) is 122 Å². The first-order valence-corrected chi connectivity index (χ1v) is 13.7. The Hall–Kier alpha value is -3.06. The number of carbonyl (C=O) groups excluding carboxylic acids is 6. The van der Waals surface area contributed by atoms with Crippen LogP contribution in [-0.4, -0.2) is 89.1 Å². The van der Waals surface area contributed by atoms with Crippen molar-refractivity contribution in [1.29, 1.82) is 0 Å². The first-order valence-electron chi connectivity index (χ1n) is 13.7. The van der Waals surface area contributed by atoms with E-state index in [2.05, 4.69) is 0 Å². The van der Waals surface area contributed by atoms with Crippen molar-refractivity contribution in [2.24, 2.45) is 17.3 Å². The van der Waals surface area contributed by atoms with E-state index in [4.69, 9.17) is 33.2 Å². The summed E-state index contributed by atoms with van der Waals surface area (Å²) in [5.41, 5.74) is -5.65. The van der Waals surface area contributed by atoms with Crippen LogP contribution in [0.15, 0.2) is 0 Å². The highest BCUT2D eigenvalue weighted by molar-refractivity contribution is 5.89. The zero-order valence-electron chi connectivity index (χ0n) is 24.3. The quantitative estimate of drug-likeness (QED) is 0.261. The fourth-order valence-electron chi connectivity index (χ4n) is 7.82. The first kappa shape index (κ1) is 29.4. The Labute approximate surface area is 236 Å². The van der Waals surface area contributed by atoms with Crippen molar-refractivity contribution in [3.8, 4) is 0 Å². The van der Waals surface area contributed by atoms with Crippen molar-refractivity contribution in [2.75, 3.05) is 0 Å². The molecule has 0 amide bonds. The number of ketones is 1. The molecule has 5 aliphatic rings. The molecule has 3 aliphatic heterocycles. The fourth-order valence-corrected chi connectivity index (χ4v) is 7.82. The Balaban J connectivity index is 1.81. The molecule has 226 valence electrons. The summed E-state index contributed by atoms with van der Waals surface area (Å²) in [4.78, 5) is 76.8. The molecule has 0 aromatic rings. The van der Waals surface area contributed by atoms with Gasteiger partial charge in [-0.1, -0.05) is 13.8 Å². The predicted molar refractivity (Wildman–Crippen MR) is 133 cm³/mol. The molecule has 5 rings (SSSR count). The van der Waals surface area contributed by atoms with Gasteiger partial charge < -0.3 is 33.2 Å². The molecule has 41 heavy (non-hydrogen) atoms. The van der Waals surface area contributed by atoms with Crippen LogP contribution in [0.3, 0.4) is 0 Å². The van der Waals surface area contributed by atoms with Crippen LogP contribution >= 0.6 is 0 Å². The average molecular weight is 581 g/mol. The standard InChI is InChI=1S/C28H36O13/c1-11-16(33)9-18(36-13(3)30)26(7)19(11)21(38-15(5)32)28-23(39-24(34)27(28,8)41-28)22-25(6,40-22)10-17(35-12(2)29)20(26)37-14(4)31/h11,17-23H,9-10H2,1-8H3. The summed E-state index contributed by atoms with van der Waals surface area (Å²) in [5, 5.41) is 0. The maximum absolute atomic E-state index is 13.5. The SMILES string of the molecule is CC(=O)OC1CC2(C)OC2C2OC(=O)C3(C)OC23C(OC(C)=O)C2C(C)C(=O)CC(OC(C)=O)C2(C)C1OC(C)=O. The molecule has 13 heteroatoms. The van der Waals surface area contributed by atoms with E-state index in [0.717, 1.165) is 0 Å². The molecule has 5 fully saturated rings. The lowest BCUT2D eigenvalue weighted by Gasteiger charge is -2.55. The first-order chi connectivity index (χ1) is 18.9. The minimum Gasteiger partial charge on any atom is -0.461 e. The lowest BCUT2D eigenvalue weighted by Crippen LogP contribution is -2.68. The summed E-state index contributed by atoms with van der Waals surface area (Å²) in [6.45, 7) is 11.3. The number of fused-ring (bicyclic) bond motifs is 3. The molecule has 12 atom stereocenters. The van der Waals surface area contributed by atoms with E-state index in [-0.39, 0.29) is 18.6 Å². The Morgan fingerprint density at radius 3 is 1.90 bits per heavy atom. The van der Waals surface area contributed by atoms with Crippen LogP contribution in [0, 0.1) is 17.3 Å². The van der Waals surface area contributed by atoms with E-state index >= 15 is 0 Å². The maximum atomic E-state index is 13.5. The van der Waals surface area contributed by atoms with E-state index in [1.807, 2.05) is 0 Å². The number of hydrogen-bond donors (Lipinski definition) is 0. The van der Waals surface area contributed by atoms with Crippen LogP contribution in [0.25, 0.3) is 0 Å². The summed E-state index contributed by atoms with van der Waals surface area (Å²) in [7, 11) is 0. The summed E-state index contributed by atoms with van der Waals surface area (Å²) in [6, 6.07) is 0. The van der Waals surface area contributed by atoms with Gasteiger partial charge in [-0.3, -0.25) is 24.0 Å². The fraction of sp³-hybridized carbons (Fsp3) is 0.786. The molecule has 3 heterocycles. The van der Waals surface area contributed by atoms with Gasteiger partial charge in [-0.25, -0.2) is 4.79 Å². The normalized spacial score (nSPS) is 47.7.